The Morgan fingerprint density at radius 2 is 2.12 bits per heavy atom. The van der Waals surface area contributed by atoms with E-state index in [9.17, 15) is 9.50 Å². The highest BCUT2D eigenvalue weighted by Gasteiger charge is 2.54. The smallest absolute Gasteiger partial charge is 0.129 e. The number of rotatable bonds is 2. The zero-order valence-corrected chi connectivity index (χ0v) is 9.28. The number of benzene rings is 1. The summed E-state index contributed by atoms with van der Waals surface area (Å²) in [4.78, 5) is 0. The largest absolute Gasteiger partial charge is 0.387 e. The number of fused-ring (bicyclic) bond motifs is 1. The lowest BCUT2D eigenvalue weighted by Crippen LogP contribution is -2.40. The minimum atomic E-state index is -0.726. The van der Waals surface area contributed by atoms with Crippen molar-refractivity contribution in [2.24, 2.45) is 5.92 Å². The molecular weight excluding hydrogens is 205 g/mol. The first-order chi connectivity index (χ1) is 7.59. The molecule has 2 N–H and O–H groups in total. The van der Waals surface area contributed by atoms with E-state index >= 15 is 0 Å². The van der Waals surface area contributed by atoms with Gasteiger partial charge in [0.2, 0.25) is 0 Å². The zero-order valence-electron chi connectivity index (χ0n) is 9.28. The maximum absolute atomic E-state index is 13.5. The van der Waals surface area contributed by atoms with Crippen LogP contribution in [0.15, 0.2) is 24.3 Å². The van der Waals surface area contributed by atoms with Crippen LogP contribution < -0.4 is 5.32 Å². The fourth-order valence-corrected chi connectivity index (χ4v) is 3.23. The minimum Gasteiger partial charge on any atom is -0.387 e. The summed E-state index contributed by atoms with van der Waals surface area (Å²) in [6, 6.07) is 6.50. The Morgan fingerprint density at radius 3 is 2.69 bits per heavy atom. The Hall–Kier alpha value is -0.930. The summed E-state index contributed by atoms with van der Waals surface area (Å²) in [6.45, 7) is 2.16. The molecule has 3 aliphatic rings. The monoisotopic (exact) mass is 221 g/mol. The molecule has 16 heavy (non-hydrogen) atoms. The summed E-state index contributed by atoms with van der Waals surface area (Å²) in [5.74, 6) is 0.186. The molecule has 2 nitrogen and oxygen atoms in total. The number of hydrogen-bond acceptors (Lipinski definition) is 2. The highest BCUT2D eigenvalue weighted by Crippen LogP contribution is 2.50. The molecule has 0 radical (unpaired) electrons. The lowest BCUT2D eigenvalue weighted by Gasteiger charge is -2.33. The van der Waals surface area contributed by atoms with Gasteiger partial charge >= 0.3 is 0 Å². The predicted octanol–water partition coefficient (Wildman–Crippen LogP) is 2.00. The summed E-state index contributed by atoms with van der Waals surface area (Å²) >= 11 is 0. The molecule has 1 aromatic rings. The first kappa shape index (κ1) is 10.2. The molecule has 2 heterocycles. The van der Waals surface area contributed by atoms with Crippen molar-refractivity contribution in [3.63, 3.8) is 0 Å². The van der Waals surface area contributed by atoms with Crippen molar-refractivity contribution in [2.75, 3.05) is 0 Å². The fraction of sp³-hybridized carbons (Fsp3) is 0.538. The van der Waals surface area contributed by atoms with E-state index in [1.165, 1.54) is 6.07 Å². The van der Waals surface area contributed by atoms with Gasteiger partial charge in [-0.3, -0.25) is 0 Å². The third kappa shape index (κ3) is 1.39. The summed E-state index contributed by atoms with van der Waals surface area (Å²) in [5, 5.41) is 13.6. The van der Waals surface area contributed by atoms with Crippen LogP contribution in [0.3, 0.4) is 0 Å². The summed E-state index contributed by atoms with van der Waals surface area (Å²) in [6.07, 6.45) is 1.47. The molecule has 3 heteroatoms. The quantitative estimate of drug-likeness (QED) is 0.800. The van der Waals surface area contributed by atoms with Gasteiger partial charge in [-0.05, 0) is 31.7 Å². The van der Waals surface area contributed by atoms with Gasteiger partial charge in [0.25, 0.3) is 0 Å². The Bertz CT molecular complexity index is 414. The van der Waals surface area contributed by atoms with Crippen molar-refractivity contribution in [3.8, 4) is 0 Å². The van der Waals surface area contributed by atoms with E-state index in [-0.39, 0.29) is 17.4 Å². The van der Waals surface area contributed by atoms with Crippen molar-refractivity contribution in [1.82, 2.24) is 5.32 Å². The van der Waals surface area contributed by atoms with Crippen LogP contribution in [-0.4, -0.2) is 16.7 Å². The van der Waals surface area contributed by atoms with E-state index in [0.29, 0.717) is 11.5 Å². The Balaban J connectivity index is 1.84. The highest BCUT2D eigenvalue weighted by atomic mass is 19.1. The van der Waals surface area contributed by atoms with Crippen molar-refractivity contribution >= 4 is 0 Å². The summed E-state index contributed by atoms with van der Waals surface area (Å²) in [7, 11) is 0. The number of aliphatic hydroxyl groups is 1. The van der Waals surface area contributed by atoms with E-state index in [2.05, 4.69) is 12.2 Å². The van der Waals surface area contributed by atoms with Gasteiger partial charge in [-0.15, -0.1) is 0 Å². The number of nitrogens with one attached hydrogen (secondary N) is 1. The average Bonchev–Trinajstić information content (AvgIpc) is 2.71. The second kappa shape index (κ2) is 3.28. The lowest BCUT2D eigenvalue weighted by atomic mass is 9.72. The van der Waals surface area contributed by atoms with E-state index in [1.54, 1.807) is 18.2 Å². The van der Waals surface area contributed by atoms with E-state index < -0.39 is 6.10 Å². The molecule has 2 saturated heterocycles. The molecule has 0 amide bonds. The molecule has 0 spiro atoms. The van der Waals surface area contributed by atoms with Gasteiger partial charge in [-0.1, -0.05) is 18.2 Å². The first-order valence-corrected chi connectivity index (χ1v) is 5.79. The molecule has 1 aromatic carbocycles. The second-order valence-corrected chi connectivity index (χ2v) is 5.37. The maximum Gasteiger partial charge on any atom is 0.129 e. The average molecular weight is 221 g/mol. The zero-order chi connectivity index (χ0) is 11.3. The fourth-order valence-electron chi connectivity index (χ4n) is 3.23. The highest BCUT2D eigenvalue weighted by molar-refractivity contribution is 5.24. The molecule has 1 aliphatic carbocycles. The SMILES string of the molecule is CC12CC(C1)[C@H](C(O)c1ccccc1F)N2. The molecular formula is C13H16FNO. The first-order valence-electron chi connectivity index (χ1n) is 5.79. The Labute approximate surface area is 94.5 Å². The third-order valence-electron chi connectivity index (χ3n) is 4.01. The van der Waals surface area contributed by atoms with Crippen LogP contribution in [0.4, 0.5) is 4.39 Å². The minimum absolute atomic E-state index is 0.0156. The Kier molecular flexibility index (Phi) is 2.10. The van der Waals surface area contributed by atoms with E-state index in [4.69, 9.17) is 0 Å². The molecule has 86 valence electrons. The van der Waals surface area contributed by atoms with Gasteiger partial charge in [0.15, 0.2) is 0 Å². The molecule has 2 bridgehead atoms. The molecule has 2 aliphatic heterocycles. The van der Waals surface area contributed by atoms with Crippen LogP contribution in [-0.2, 0) is 0 Å². The van der Waals surface area contributed by atoms with Crippen LogP contribution in [0.1, 0.15) is 31.4 Å². The van der Waals surface area contributed by atoms with Crippen molar-refractivity contribution < 1.29 is 9.50 Å². The van der Waals surface area contributed by atoms with E-state index in [1.807, 2.05) is 0 Å². The van der Waals surface area contributed by atoms with Gasteiger partial charge in [0.05, 0.1) is 6.10 Å². The van der Waals surface area contributed by atoms with Crippen LogP contribution in [0.2, 0.25) is 0 Å². The van der Waals surface area contributed by atoms with Gasteiger partial charge < -0.3 is 10.4 Å². The molecule has 1 unspecified atom stereocenters. The number of hydrogen-bond donors (Lipinski definition) is 2. The van der Waals surface area contributed by atoms with Gasteiger partial charge in [0.1, 0.15) is 5.82 Å². The van der Waals surface area contributed by atoms with Crippen LogP contribution in [0.5, 0.6) is 0 Å². The second-order valence-electron chi connectivity index (χ2n) is 5.37. The van der Waals surface area contributed by atoms with Crippen molar-refractivity contribution in [2.45, 2.75) is 37.5 Å². The van der Waals surface area contributed by atoms with Gasteiger partial charge in [-0.25, -0.2) is 4.39 Å². The number of aliphatic hydroxyl groups excluding tert-OH is 1. The predicted molar refractivity (Wildman–Crippen MR) is 59.4 cm³/mol. The van der Waals surface area contributed by atoms with Crippen LogP contribution in [0, 0.1) is 11.7 Å². The van der Waals surface area contributed by atoms with E-state index in [0.717, 1.165) is 12.8 Å². The Morgan fingerprint density at radius 1 is 1.44 bits per heavy atom. The summed E-state index contributed by atoms with van der Waals surface area (Å²) < 4.78 is 13.5. The summed E-state index contributed by atoms with van der Waals surface area (Å²) in [5.41, 5.74) is 0.595. The van der Waals surface area contributed by atoms with Gasteiger partial charge in [-0.2, -0.15) is 0 Å². The van der Waals surface area contributed by atoms with Crippen LogP contribution in [0.25, 0.3) is 0 Å². The normalized spacial score (nSPS) is 38.2. The standard InChI is InChI=1S/C13H16FNO/c1-13-6-8(7-13)11(15-13)12(16)9-4-2-3-5-10(9)14/h2-5,8,11-12,15-16H,6-7H2,1H3/t8?,11-,12?,13?/m1/s1. The maximum atomic E-state index is 13.5. The lowest BCUT2D eigenvalue weighted by molar-refractivity contribution is 0.118. The van der Waals surface area contributed by atoms with Gasteiger partial charge in [0, 0.05) is 17.1 Å². The molecule has 2 atom stereocenters. The van der Waals surface area contributed by atoms with Crippen molar-refractivity contribution in [1.29, 1.82) is 0 Å². The van der Waals surface area contributed by atoms with Crippen molar-refractivity contribution in [3.05, 3.63) is 35.6 Å². The van der Waals surface area contributed by atoms with Crippen LogP contribution >= 0.6 is 0 Å². The molecule has 1 saturated carbocycles. The molecule has 0 aromatic heterocycles. The molecule has 4 rings (SSSR count). The molecule has 3 fully saturated rings. The number of halogens is 1. The third-order valence-corrected chi connectivity index (χ3v) is 4.01. The topological polar surface area (TPSA) is 32.3 Å².